The molecule has 3 aromatic rings. The highest BCUT2D eigenvalue weighted by Crippen LogP contribution is 2.31. The molecule has 0 spiro atoms. The maximum Gasteiger partial charge on any atom is 0.247 e. The number of hydrogen-bond donors (Lipinski definition) is 0. The van der Waals surface area contributed by atoms with Crippen molar-refractivity contribution in [3.8, 4) is 17.7 Å². The maximum atomic E-state index is 13.9. The topological polar surface area (TPSA) is 58.8 Å². The minimum atomic E-state index is -0.644. The Labute approximate surface area is 124 Å². The number of ether oxygens (including phenoxy) is 1. The zero-order valence-electron chi connectivity index (χ0n) is 10.5. The number of hydrogen-bond acceptors (Lipinski definition) is 4. The lowest BCUT2D eigenvalue weighted by Crippen LogP contribution is -1.95. The highest BCUT2D eigenvalue weighted by atomic mass is 35.5. The summed E-state index contributed by atoms with van der Waals surface area (Å²) in [5, 5.41) is 17.9. The van der Waals surface area contributed by atoms with Crippen molar-refractivity contribution in [2.45, 2.75) is 0 Å². The van der Waals surface area contributed by atoms with E-state index in [2.05, 4.69) is 10.2 Å². The van der Waals surface area contributed by atoms with Gasteiger partial charge < -0.3 is 4.74 Å². The number of nitrogens with zero attached hydrogens (tertiary/aromatic N) is 3. The second kappa shape index (κ2) is 5.35. The molecule has 21 heavy (non-hydrogen) atoms. The van der Waals surface area contributed by atoms with Crippen molar-refractivity contribution in [3.05, 3.63) is 59.0 Å². The third-order valence-corrected chi connectivity index (χ3v) is 3.16. The van der Waals surface area contributed by atoms with Gasteiger partial charge in [-0.3, -0.25) is 0 Å². The van der Waals surface area contributed by atoms with E-state index in [-0.39, 0.29) is 22.3 Å². The smallest absolute Gasteiger partial charge is 0.247 e. The number of aromatic nitrogens is 2. The van der Waals surface area contributed by atoms with Crippen LogP contribution in [0.2, 0.25) is 5.15 Å². The van der Waals surface area contributed by atoms with Crippen molar-refractivity contribution in [2.24, 2.45) is 0 Å². The van der Waals surface area contributed by atoms with Crippen LogP contribution in [0.15, 0.2) is 42.5 Å². The van der Waals surface area contributed by atoms with Gasteiger partial charge in [0, 0.05) is 10.8 Å². The van der Waals surface area contributed by atoms with Gasteiger partial charge in [-0.15, -0.1) is 10.2 Å². The largest absolute Gasteiger partial charge is 0.434 e. The van der Waals surface area contributed by atoms with Crippen LogP contribution in [0.1, 0.15) is 5.56 Å². The molecule has 0 saturated heterocycles. The van der Waals surface area contributed by atoms with Crippen LogP contribution in [0.25, 0.3) is 10.8 Å². The van der Waals surface area contributed by atoms with E-state index in [1.807, 2.05) is 12.1 Å². The Bertz CT molecular complexity index is 876. The van der Waals surface area contributed by atoms with Gasteiger partial charge in [0.1, 0.15) is 0 Å². The summed E-state index contributed by atoms with van der Waals surface area (Å²) < 4.78 is 19.3. The van der Waals surface area contributed by atoms with E-state index in [0.717, 1.165) is 6.07 Å². The fourth-order valence-corrected chi connectivity index (χ4v) is 2.08. The molecule has 0 fully saturated rings. The minimum Gasteiger partial charge on any atom is -0.434 e. The molecule has 0 radical (unpaired) electrons. The van der Waals surface area contributed by atoms with Crippen LogP contribution in [0.4, 0.5) is 4.39 Å². The van der Waals surface area contributed by atoms with Crippen molar-refractivity contribution < 1.29 is 9.13 Å². The molecule has 0 bridgehead atoms. The normalized spacial score (nSPS) is 10.3. The first-order chi connectivity index (χ1) is 10.2. The molecule has 0 aliphatic carbocycles. The Hall–Kier alpha value is -2.71. The summed E-state index contributed by atoms with van der Waals surface area (Å²) >= 11 is 5.96. The van der Waals surface area contributed by atoms with E-state index in [4.69, 9.17) is 21.6 Å². The van der Waals surface area contributed by atoms with Gasteiger partial charge >= 0.3 is 0 Å². The van der Waals surface area contributed by atoms with Crippen LogP contribution in [0.5, 0.6) is 11.6 Å². The highest BCUT2D eigenvalue weighted by molar-refractivity contribution is 6.34. The summed E-state index contributed by atoms with van der Waals surface area (Å²) in [6.45, 7) is 0. The predicted octanol–water partition coefficient (Wildman–Crippen LogP) is 4.09. The Morgan fingerprint density at radius 1 is 1.10 bits per heavy atom. The van der Waals surface area contributed by atoms with Crippen LogP contribution < -0.4 is 4.74 Å². The van der Waals surface area contributed by atoms with Gasteiger partial charge in [0.25, 0.3) is 0 Å². The zero-order valence-corrected chi connectivity index (χ0v) is 11.3. The highest BCUT2D eigenvalue weighted by Gasteiger charge is 2.12. The van der Waals surface area contributed by atoms with Crippen LogP contribution in [-0.2, 0) is 0 Å². The third-order valence-electron chi connectivity index (χ3n) is 2.88. The fraction of sp³-hybridized carbons (Fsp3) is 0. The summed E-state index contributed by atoms with van der Waals surface area (Å²) in [4.78, 5) is 0. The van der Waals surface area contributed by atoms with Gasteiger partial charge in [0.05, 0.1) is 11.6 Å². The third kappa shape index (κ3) is 2.49. The lowest BCUT2D eigenvalue weighted by atomic mass is 10.2. The summed E-state index contributed by atoms with van der Waals surface area (Å²) in [6.07, 6.45) is 0. The monoisotopic (exact) mass is 299 g/mol. The Morgan fingerprint density at radius 3 is 2.57 bits per heavy atom. The average Bonchev–Trinajstić information content (AvgIpc) is 2.52. The van der Waals surface area contributed by atoms with E-state index in [9.17, 15) is 4.39 Å². The van der Waals surface area contributed by atoms with E-state index >= 15 is 0 Å². The van der Waals surface area contributed by atoms with Crippen molar-refractivity contribution in [1.82, 2.24) is 10.2 Å². The van der Waals surface area contributed by atoms with E-state index in [1.54, 1.807) is 18.2 Å². The van der Waals surface area contributed by atoms with E-state index < -0.39 is 5.82 Å². The lowest BCUT2D eigenvalue weighted by molar-refractivity contribution is 0.427. The zero-order chi connectivity index (χ0) is 14.8. The first-order valence-electron chi connectivity index (χ1n) is 5.97. The van der Waals surface area contributed by atoms with Gasteiger partial charge in [0.15, 0.2) is 16.7 Å². The summed E-state index contributed by atoms with van der Waals surface area (Å²) in [6, 6.07) is 12.9. The lowest BCUT2D eigenvalue weighted by Gasteiger charge is -2.08. The Morgan fingerprint density at radius 2 is 1.86 bits per heavy atom. The maximum absolute atomic E-state index is 13.9. The van der Waals surface area contributed by atoms with Crippen LogP contribution in [0, 0.1) is 17.1 Å². The minimum absolute atomic E-state index is 0.0317. The molecule has 0 saturated carbocycles. The van der Waals surface area contributed by atoms with Crippen LogP contribution >= 0.6 is 11.6 Å². The molecule has 1 aromatic heterocycles. The molecular weight excluding hydrogens is 293 g/mol. The molecule has 4 nitrogen and oxygen atoms in total. The standard InChI is InChI=1S/C15H7ClFN3O/c16-14-10-3-1-2-4-11(10)15(20-19-14)21-13-6-5-9(8-18)7-12(13)17/h1-7H. The molecule has 6 heteroatoms. The van der Waals surface area contributed by atoms with E-state index in [0.29, 0.717) is 10.8 Å². The fourth-order valence-electron chi connectivity index (χ4n) is 1.88. The second-order valence-electron chi connectivity index (χ2n) is 4.20. The molecule has 2 aromatic carbocycles. The van der Waals surface area contributed by atoms with Crippen molar-refractivity contribution in [3.63, 3.8) is 0 Å². The van der Waals surface area contributed by atoms with Gasteiger partial charge in [-0.05, 0) is 24.3 Å². The molecule has 0 atom stereocenters. The van der Waals surface area contributed by atoms with E-state index in [1.165, 1.54) is 12.1 Å². The summed E-state index contributed by atoms with van der Waals surface area (Å²) in [7, 11) is 0. The van der Waals surface area contributed by atoms with Gasteiger partial charge in [-0.1, -0.05) is 29.8 Å². The number of benzene rings is 2. The van der Waals surface area contributed by atoms with Gasteiger partial charge in [-0.2, -0.15) is 5.26 Å². The summed E-state index contributed by atoms with van der Waals surface area (Å²) in [5.74, 6) is -0.524. The molecule has 0 N–H and O–H groups in total. The second-order valence-corrected chi connectivity index (χ2v) is 4.56. The molecule has 1 heterocycles. The molecular formula is C15H7ClFN3O. The molecule has 102 valence electrons. The van der Waals surface area contributed by atoms with Crippen LogP contribution in [-0.4, -0.2) is 10.2 Å². The SMILES string of the molecule is N#Cc1ccc(Oc2nnc(Cl)c3ccccc23)c(F)c1. The molecule has 0 aliphatic rings. The molecule has 0 amide bonds. The predicted molar refractivity (Wildman–Crippen MR) is 75.7 cm³/mol. The van der Waals surface area contributed by atoms with Crippen LogP contribution in [0.3, 0.4) is 0 Å². The Kier molecular flexibility index (Phi) is 3.38. The van der Waals surface area contributed by atoms with Crippen molar-refractivity contribution >= 4 is 22.4 Å². The first-order valence-corrected chi connectivity index (χ1v) is 6.35. The Balaban J connectivity index is 2.07. The van der Waals surface area contributed by atoms with Gasteiger partial charge in [0.2, 0.25) is 5.88 Å². The summed E-state index contributed by atoms with van der Waals surface area (Å²) in [5.41, 5.74) is 0.215. The number of nitriles is 1. The van der Waals surface area contributed by atoms with Crippen molar-refractivity contribution in [1.29, 1.82) is 5.26 Å². The van der Waals surface area contributed by atoms with Crippen molar-refractivity contribution in [2.75, 3.05) is 0 Å². The molecule has 0 unspecified atom stereocenters. The average molecular weight is 300 g/mol. The van der Waals surface area contributed by atoms with Gasteiger partial charge in [-0.25, -0.2) is 4.39 Å². The number of halogens is 2. The molecule has 0 aliphatic heterocycles. The number of rotatable bonds is 2. The quantitative estimate of drug-likeness (QED) is 0.715. The number of fused-ring (bicyclic) bond motifs is 1. The molecule has 3 rings (SSSR count). The first kappa shape index (κ1) is 13.3.